The van der Waals surface area contributed by atoms with Gasteiger partial charge in [-0.15, -0.1) is 0 Å². The number of halogens is 1. The number of hydrogen-bond donors (Lipinski definition) is 0. The summed E-state index contributed by atoms with van der Waals surface area (Å²) in [6.45, 7) is 0. The first-order valence-electron chi connectivity index (χ1n) is 4.12. The minimum Gasteiger partial charge on any atom is -0.253 e. The van der Waals surface area contributed by atoms with Gasteiger partial charge in [0, 0.05) is 46.6 Å². The van der Waals surface area contributed by atoms with Crippen molar-refractivity contribution in [3.05, 3.63) is 52.1 Å². The van der Waals surface area contributed by atoms with Crippen molar-refractivity contribution in [2.75, 3.05) is 0 Å². The van der Waals surface area contributed by atoms with Crippen LogP contribution >= 0.6 is 22.6 Å². The number of aromatic nitrogens is 2. The summed E-state index contributed by atoms with van der Waals surface area (Å²) in [7, 11) is 0. The van der Waals surface area contributed by atoms with Crippen molar-refractivity contribution in [2.45, 2.75) is 0 Å². The summed E-state index contributed by atoms with van der Waals surface area (Å²) in [5.74, 6) is 3.06. The molecule has 3 heteroatoms. The predicted molar refractivity (Wildman–Crippen MR) is 63.7 cm³/mol. The van der Waals surface area contributed by atoms with E-state index in [9.17, 15) is 0 Å². The van der Waals surface area contributed by atoms with E-state index in [0.717, 1.165) is 9.39 Å². The zero-order chi connectivity index (χ0) is 9.80. The van der Waals surface area contributed by atoms with Gasteiger partial charge in [0.1, 0.15) is 0 Å². The minimum absolute atomic E-state index is 0.881. The van der Waals surface area contributed by atoms with Crippen molar-refractivity contribution in [2.24, 2.45) is 0 Å². The molecule has 1 aromatic heterocycles. The van der Waals surface area contributed by atoms with Gasteiger partial charge in [0.05, 0.1) is 0 Å². The number of hydrogen-bond acceptors (Lipinski definition) is 1. The molecule has 0 N–H and O–H groups in total. The molecule has 2 nitrogen and oxygen atoms in total. The molecule has 1 heterocycles. The third-order valence-electron chi connectivity index (χ3n) is 1.69. The van der Waals surface area contributed by atoms with Crippen LogP contribution in [0, 0.1) is 15.8 Å². The highest BCUT2D eigenvalue weighted by Gasteiger charge is 1.91. The molecule has 2 aromatic rings. The Hall–Kier alpha value is -1.28. The molecule has 0 aliphatic heterocycles. The molecular formula is C11H7IN2. The van der Waals surface area contributed by atoms with Crippen LogP contribution in [-0.4, -0.2) is 9.55 Å². The highest BCUT2D eigenvalue weighted by Crippen LogP contribution is 1.99. The monoisotopic (exact) mass is 294 g/mol. The van der Waals surface area contributed by atoms with E-state index in [2.05, 4.69) is 39.5 Å². The molecule has 0 saturated heterocycles. The molecule has 0 aliphatic carbocycles. The second-order valence-corrected chi connectivity index (χ2v) is 3.63. The van der Waals surface area contributed by atoms with Gasteiger partial charge in [-0.3, -0.25) is 4.57 Å². The predicted octanol–water partition coefficient (Wildman–Crippen LogP) is 2.34. The molecule has 0 amide bonds. The van der Waals surface area contributed by atoms with Crippen molar-refractivity contribution >= 4 is 22.6 Å². The molecule has 0 aliphatic rings. The van der Waals surface area contributed by atoms with E-state index in [1.165, 1.54) is 0 Å². The van der Waals surface area contributed by atoms with Gasteiger partial charge in [0.2, 0.25) is 0 Å². The first kappa shape index (κ1) is 9.28. The highest BCUT2D eigenvalue weighted by atomic mass is 127. The third kappa shape index (κ3) is 2.15. The van der Waals surface area contributed by atoms with Crippen LogP contribution in [-0.2, 0) is 0 Å². The lowest BCUT2D eigenvalue weighted by Gasteiger charge is -1.89. The maximum Gasteiger partial charge on any atom is 0.183 e. The summed E-state index contributed by atoms with van der Waals surface area (Å²) in [6.07, 6.45) is 3.58. The summed E-state index contributed by atoms with van der Waals surface area (Å²) in [5, 5.41) is 0. The normalized spacial score (nSPS) is 9.21. The molecule has 0 unspecified atom stereocenters. The zero-order valence-electron chi connectivity index (χ0n) is 7.31. The summed E-state index contributed by atoms with van der Waals surface area (Å²) in [4.78, 5) is 4.08. The van der Waals surface area contributed by atoms with E-state index in [-0.39, 0.29) is 0 Å². The maximum absolute atomic E-state index is 4.08. The van der Waals surface area contributed by atoms with Gasteiger partial charge < -0.3 is 0 Å². The number of nitrogens with zero attached hydrogens (tertiary/aromatic N) is 2. The van der Waals surface area contributed by atoms with Crippen LogP contribution in [0.15, 0.2) is 42.7 Å². The van der Waals surface area contributed by atoms with Crippen molar-refractivity contribution < 1.29 is 0 Å². The van der Waals surface area contributed by atoms with Crippen molar-refractivity contribution in [1.82, 2.24) is 9.55 Å². The number of rotatable bonds is 0. The van der Waals surface area contributed by atoms with E-state index in [0.29, 0.717) is 0 Å². The lowest BCUT2D eigenvalue weighted by Crippen LogP contribution is -1.89. The SMILES string of the molecule is Ic1nccn1C#Cc1ccccc1. The van der Waals surface area contributed by atoms with Crippen LogP contribution < -0.4 is 0 Å². The van der Waals surface area contributed by atoms with Gasteiger partial charge in [0.15, 0.2) is 3.83 Å². The standard InChI is InChI=1S/C11H7IN2/c12-11-13-7-9-14(11)8-6-10-4-2-1-3-5-10/h1-5,7,9H. The minimum atomic E-state index is 0.881. The second kappa shape index (κ2) is 4.29. The largest absolute Gasteiger partial charge is 0.253 e. The summed E-state index contributed by atoms with van der Waals surface area (Å²) < 4.78 is 2.68. The molecule has 0 atom stereocenters. The summed E-state index contributed by atoms with van der Waals surface area (Å²) >= 11 is 2.15. The Morgan fingerprint density at radius 1 is 1.21 bits per heavy atom. The van der Waals surface area contributed by atoms with Crippen LogP contribution in [0.5, 0.6) is 0 Å². The van der Waals surface area contributed by atoms with Gasteiger partial charge in [-0.05, 0) is 18.1 Å². The van der Waals surface area contributed by atoms with Crippen molar-refractivity contribution in [1.29, 1.82) is 0 Å². The second-order valence-electron chi connectivity index (χ2n) is 2.67. The summed E-state index contributed by atoms with van der Waals surface area (Å²) in [6, 6.07) is 12.9. The summed E-state index contributed by atoms with van der Waals surface area (Å²) in [5.41, 5.74) is 1.01. The average Bonchev–Trinajstić information content (AvgIpc) is 2.63. The fraction of sp³-hybridized carbons (Fsp3) is 0. The molecule has 0 spiro atoms. The van der Waals surface area contributed by atoms with Gasteiger partial charge in [-0.2, -0.15) is 0 Å². The molecule has 14 heavy (non-hydrogen) atoms. The fourth-order valence-electron chi connectivity index (χ4n) is 1.01. The van der Waals surface area contributed by atoms with Crippen LogP contribution in [0.4, 0.5) is 0 Å². The number of imidazole rings is 1. The van der Waals surface area contributed by atoms with Crippen molar-refractivity contribution in [3.8, 4) is 12.0 Å². The molecule has 2 rings (SSSR count). The van der Waals surface area contributed by atoms with Crippen LogP contribution in [0.25, 0.3) is 0 Å². The Bertz CT molecular complexity index is 477. The first-order chi connectivity index (χ1) is 6.86. The van der Waals surface area contributed by atoms with E-state index in [1.807, 2.05) is 36.5 Å². The van der Waals surface area contributed by atoms with Gasteiger partial charge in [-0.1, -0.05) is 18.2 Å². The highest BCUT2D eigenvalue weighted by molar-refractivity contribution is 14.1. The average molecular weight is 294 g/mol. The smallest absolute Gasteiger partial charge is 0.183 e. The van der Waals surface area contributed by atoms with Crippen LogP contribution in [0.3, 0.4) is 0 Å². The molecule has 0 saturated carbocycles. The third-order valence-corrected chi connectivity index (χ3v) is 2.49. The Balaban J connectivity index is 2.28. The van der Waals surface area contributed by atoms with E-state index < -0.39 is 0 Å². The molecule has 0 bridgehead atoms. The topological polar surface area (TPSA) is 17.8 Å². The lowest BCUT2D eigenvalue weighted by atomic mass is 10.2. The zero-order valence-corrected chi connectivity index (χ0v) is 9.47. The molecule has 1 aromatic carbocycles. The molecule has 68 valence electrons. The Morgan fingerprint density at radius 2 is 2.00 bits per heavy atom. The quantitative estimate of drug-likeness (QED) is 0.539. The molecule has 0 fully saturated rings. The van der Waals surface area contributed by atoms with Gasteiger partial charge in [0.25, 0.3) is 0 Å². The van der Waals surface area contributed by atoms with E-state index >= 15 is 0 Å². The van der Waals surface area contributed by atoms with Crippen molar-refractivity contribution in [3.63, 3.8) is 0 Å². The van der Waals surface area contributed by atoms with Gasteiger partial charge >= 0.3 is 0 Å². The van der Waals surface area contributed by atoms with Gasteiger partial charge in [-0.25, -0.2) is 4.98 Å². The first-order valence-corrected chi connectivity index (χ1v) is 5.20. The van der Waals surface area contributed by atoms with E-state index in [4.69, 9.17) is 0 Å². The number of benzene rings is 1. The molecular weight excluding hydrogens is 287 g/mol. The fourth-order valence-corrected chi connectivity index (χ4v) is 1.46. The Labute approximate surface area is 96.1 Å². The maximum atomic E-state index is 4.08. The Kier molecular flexibility index (Phi) is 2.84. The van der Waals surface area contributed by atoms with Crippen LogP contribution in [0.2, 0.25) is 0 Å². The Morgan fingerprint density at radius 3 is 2.64 bits per heavy atom. The van der Waals surface area contributed by atoms with Crippen LogP contribution in [0.1, 0.15) is 5.56 Å². The van der Waals surface area contributed by atoms with E-state index in [1.54, 1.807) is 10.8 Å². The molecule has 0 radical (unpaired) electrons. The lowest BCUT2D eigenvalue weighted by molar-refractivity contribution is 1.06.